The summed E-state index contributed by atoms with van der Waals surface area (Å²) >= 11 is 0. The molecule has 36 heavy (non-hydrogen) atoms. The van der Waals surface area contributed by atoms with Crippen molar-refractivity contribution < 1.29 is 35.8 Å². The van der Waals surface area contributed by atoms with E-state index in [1.165, 1.54) is 13.0 Å². The van der Waals surface area contributed by atoms with Crippen LogP contribution in [0.1, 0.15) is 37.3 Å². The molecule has 1 aliphatic rings. The van der Waals surface area contributed by atoms with Gasteiger partial charge in [-0.05, 0) is 74.4 Å². The normalized spacial score (nSPS) is 15.6. The Labute approximate surface area is 205 Å². The second-order valence-electron chi connectivity index (χ2n) is 8.65. The van der Waals surface area contributed by atoms with Crippen LogP contribution in [0.2, 0.25) is 0 Å². The molecule has 1 aliphatic carbocycles. The lowest BCUT2D eigenvalue weighted by molar-refractivity contribution is 0.228. The number of ether oxygens (including phenoxy) is 2. The summed E-state index contributed by atoms with van der Waals surface area (Å²) in [6.07, 6.45) is 3.35. The van der Waals surface area contributed by atoms with Gasteiger partial charge in [-0.1, -0.05) is 18.2 Å². The van der Waals surface area contributed by atoms with Crippen molar-refractivity contribution >= 4 is 5.57 Å². The summed E-state index contributed by atoms with van der Waals surface area (Å²) in [6, 6.07) is 7.64. The molecule has 1 atom stereocenters. The van der Waals surface area contributed by atoms with Gasteiger partial charge in [0.2, 0.25) is 11.6 Å². The maximum Gasteiger partial charge on any atom is 0.201 e. The van der Waals surface area contributed by atoms with Crippen molar-refractivity contribution in [2.24, 2.45) is 5.92 Å². The van der Waals surface area contributed by atoms with E-state index in [1.54, 1.807) is 19.1 Å². The molecule has 0 heterocycles. The zero-order valence-electron chi connectivity index (χ0n) is 19.7. The van der Waals surface area contributed by atoms with Crippen LogP contribution in [-0.4, -0.2) is 13.2 Å². The topological polar surface area (TPSA) is 18.5 Å². The summed E-state index contributed by atoms with van der Waals surface area (Å²) in [6.45, 7) is 3.28. The van der Waals surface area contributed by atoms with Gasteiger partial charge in [0.25, 0.3) is 0 Å². The Hall–Kier alpha value is -3.42. The molecule has 190 valence electrons. The van der Waals surface area contributed by atoms with Gasteiger partial charge in [-0.15, -0.1) is 0 Å². The van der Waals surface area contributed by atoms with E-state index in [-0.39, 0.29) is 41.8 Å². The first-order chi connectivity index (χ1) is 17.2. The molecule has 8 heteroatoms. The van der Waals surface area contributed by atoms with Crippen LogP contribution in [0.5, 0.6) is 11.5 Å². The van der Waals surface area contributed by atoms with Crippen molar-refractivity contribution in [1.82, 2.24) is 0 Å². The Balaban J connectivity index is 1.45. The van der Waals surface area contributed by atoms with Gasteiger partial charge < -0.3 is 9.47 Å². The summed E-state index contributed by atoms with van der Waals surface area (Å²) in [5.41, 5.74) is 0.253. The average molecular weight is 506 g/mol. The van der Waals surface area contributed by atoms with Gasteiger partial charge in [0.15, 0.2) is 34.8 Å². The van der Waals surface area contributed by atoms with Gasteiger partial charge in [-0.2, -0.15) is 8.78 Å². The minimum Gasteiger partial charge on any atom is -0.491 e. The van der Waals surface area contributed by atoms with E-state index < -0.39 is 46.0 Å². The quantitative estimate of drug-likeness (QED) is 0.301. The first-order valence-corrected chi connectivity index (χ1v) is 11.6. The second-order valence-corrected chi connectivity index (χ2v) is 8.65. The fraction of sp³-hybridized carbons (Fsp3) is 0.286. The average Bonchev–Trinajstić information content (AvgIpc) is 2.87. The van der Waals surface area contributed by atoms with Crippen molar-refractivity contribution in [1.29, 1.82) is 0 Å². The van der Waals surface area contributed by atoms with E-state index in [4.69, 9.17) is 9.47 Å². The van der Waals surface area contributed by atoms with Gasteiger partial charge >= 0.3 is 0 Å². The van der Waals surface area contributed by atoms with E-state index in [0.717, 1.165) is 24.3 Å². The van der Waals surface area contributed by atoms with E-state index in [1.807, 2.05) is 0 Å². The van der Waals surface area contributed by atoms with Crippen molar-refractivity contribution in [3.63, 3.8) is 0 Å². The molecule has 3 aromatic carbocycles. The molecule has 4 rings (SSSR count). The van der Waals surface area contributed by atoms with Crippen LogP contribution < -0.4 is 9.47 Å². The number of hydrogen-bond acceptors (Lipinski definition) is 2. The van der Waals surface area contributed by atoms with E-state index in [0.29, 0.717) is 24.8 Å². The lowest BCUT2D eigenvalue weighted by Gasteiger charge is -2.23. The van der Waals surface area contributed by atoms with Crippen molar-refractivity contribution in [3.8, 4) is 22.6 Å². The minimum absolute atomic E-state index is 0.0492. The predicted octanol–water partition coefficient (Wildman–Crippen LogP) is 8.16. The highest BCUT2D eigenvalue weighted by atomic mass is 19.2. The van der Waals surface area contributed by atoms with Gasteiger partial charge in [-0.25, -0.2) is 17.6 Å². The summed E-state index contributed by atoms with van der Waals surface area (Å²) < 4.78 is 96.8. The van der Waals surface area contributed by atoms with Crippen LogP contribution in [0.3, 0.4) is 0 Å². The monoisotopic (exact) mass is 506 g/mol. The molecule has 3 aromatic rings. The number of allylic oxidation sites excluding steroid dienone is 2. The first-order valence-electron chi connectivity index (χ1n) is 11.6. The largest absolute Gasteiger partial charge is 0.491 e. The summed E-state index contributed by atoms with van der Waals surface area (Å²) in [5.74, 6) is -7.78. The molecule has 0 radical (unpaired) electrons. The highest BCUT2D eigenvalue weighted by Gasteiger charge is 2.24. The predicted molar refractivity (Wildman–Crippen MR) is 125 cm³/mol. The Morgan fingerprint density at radius 1 is 0.694 bits per heavy atom. The van der Waals surface area contributed by atoms with Gasteiger partial charge in [0.05, 0.1) is 13.2 Å². The molecule has 2 nitrogen and oxygen atoms in total. The Kier molecular flexibility index (Phi) is 7.62. The van der Waals surface area contributed by atoms with Gasteiger partial charge in [-0.3, -0.25) is 0 Å². The van der Waals surface area contributed by atoms with Gasteiger partial charge in [0.1, 0.15) is 0 Å². The SMILES string of the molecule is CCOc1ccc(-c2ccc(OCC3CC=C(c4ccc(C)c(F)c4F)CC3)c(F)c2F)c(F)c1F. The Bertz CT molecular complexity index is 1320. The maximum atomic E-state index is 14.8. The smallest absolute Gasteiger partial charge is 0.201 e. The number of hydrogen-bond donors (Lipinski definition) is 0. The zero-order chi connectivity index (χ0) is 26.0. The van der Waals surface area contributed by atoms with E-state index in [2.05, 4.69) is 0 Å². The highest BCUT2D eigenvalue weighted by molar-refractivity contribution is 5.68. The molecule has 0 amide bonds. The van der Waals surface area contributed by atoms with Crippen LogP contribution in [-0.2, 0) is 0 Å². The molecular weight excluding hydrogens is 482 g/mol. The second kappa shape index (κ2) is 10.7. The van der Waals surface area contributed by atoms with Crippen molar-refractivity contribution in [3.05, 3.63) is 88.5 Å². The van der Waals surface area contributed by atoms with Crippen molar-refractivity contribution in [2.45, 2.75) is 33.1 Å². The molecule has 0 saturated heterocycles. The third-order valence-corrected chi connectivity index (χ3v) is 6.30. The lowest BCUT2D eigenvalue weighted by atomic mass is 9.86. The molecule has 1 unspecified atom stereocenters. The third-order valence-electron chi connectivity index (χ3n) is 6.30. The maximum absolute atomic E-state index is 14.8. The number of halogens is 6. The minimum atomic E-state index is -1.36. The highest BCUT2D eigenvalue weighted by Crippen LogP contribution is 2.36. The standard InChI is InChI=1S/C28H24F6O2/c1-3-35-21-12-10-19(25(31)27(21)33)20-11-13-22(28(34)26(20)32)36-14-16-5-7-17(8-6-16)18-9-4-15(2)23(29)24(18)30/h4,7,9-13,16H,3,5-6,8,14H2,1-2H3. The molecule has 0 aromatic heterocycles. The molecule has 0 spiro atoms. The van der Waals surface area contributed by atoms with E-state index >= 15 is 0 Å². The molecule has 0 saturated carbocycles. The Morgan fingerprint density at radius 2 is 1.25 bits per heavy atom. The summed E-state index contributed by atoms with van der Waals surface area (Å²) in [5, 5.41) is 0. The van der Waals surface area contributed by atoms with Gasteiger partial charge in [0, 0.05) is 16.7 Å². The number of benzene rings is 3. The molecule has 0 bridgehead atoms. The van der Waals surface area contributed by atoms with Crippen LogP contribution in [0.15, 0.2) is 42.5 Å². The lowest BCUT2D eigenvalue weighted by Crippen LogP contribution is -2.16. The number of aryl methyl sites for hydroxylation is 1. The van der Waals surface area contributed by atoms with E-state index in [9.17, 15) is 26.3 Å². The third kappa shape index (κ3) is 4.94. The molecule has 0 aliphatic heterocycles. The molecule has 0 fully saturated rings. The summed E-state index contributed by atoms with van der Waals surface area (Å²) in [4.78, 5) is 0. The fourth-order valence-corrected chi connectivity index (χ4v) is 4.24. The fourth-order valence-electron chi connectivity index (χ4n) is 4.24. The first kappa shape index (κ1) is 25.7. The Morgan fingerprint density at radius 3 is 1.81 bits per heavy atom. The van der Waals surface area contributed by atoms with Crippen LogP contribution in [0.25, 0.3) is 16.7 Å². The molecule has 0 N–H and O–H groups in total. The van der Waals surface area contributed by atoms with Crippen molar-refractivity contribution in [2.75, 3.05) is 13.2 Å². The van der Waals surface area contributed by atoms with Crippen LogP contribution in [0, 0.1) is 47.7 Å². The zero-order valence-corrected chi connectivity index (χ0v) is 19.7. The van der Waals surface area contributed by atoms with Crippen LogP contribution >= 0.6 is 0 Å². The van der Waals surface area contributed by atoms with Crippen LogP contribution in [0.4, 0.5) is 26.3 Å². The summed E-state index contributed by atoms with van der Waals surface area (Å²) in [7, 11) is 0. The number of rotatable bonds is 7. The molecular formula is C28H24F6O2.